The third kappa shape index (κ3) is 4.49. The van der Waals surface area contributed by atoms with E-state index in [1.54, 1.807) is 31.2 Å². The van der Waals surface area contributed by atoms with Crippen LogP contribution in [0.25, 0.3) is 11.4 Å². The van der Waals surface area contributed by atoms with E-state index in [1.165, 1.54) is 4.31 Å². The maximum absolute atomic E-state index is 13.0. The van der Waals surface area contributed by atoms with Crippen LogP contribution in [0, 0.1) is 6.92 Å². The topological polar surface area (TPSA) is 97.6 Å². The van der Waals surface area contributed by atoms with Crippen molar-refractivity contribution in [3.8, 4) is 11.4 Å². The fraction of sp³-hybridized carbons (Fsp3) is 0.300. The minimum Gasteiger partial charge on any atom is -0.379 e. The van der Waals surface area contributed by atoms with Crippen molar-refractivity contribution < 1.29 is 17.7 Å². The van der Waals surface area contributed by atoms with Gasteiger partial charge in [-0.2, -0.15) is 9.29 Å². The largest absolute Gasteiger partial charge is 0.379 e. The summed E-state index contributed by atoms with van der Waals surface area (Å²) in [4.78, 5) is 4.64. The average molecular weight is 449 g/mol. The van der Waals surface area contributed by atoms with Crippen molar-refractivity contribution in [3.63, 3.8) is 0 Å². The van der Waals surface area contributed by atoms with Crippen molar-refractivity contribution in [1.29, 1.82) is 0 Å². The van der Waals surface area contributed by atoms with E-state index in [2.05, 4.69) is 15.5 Å². The van der Waals surface area contributed by atoms with Crippen molar-refractivity contribution in [2.24, 2.45) is 0 Å². The number of rotatable bonds is 6. The van der Waals surface area contributed by atoms with E-state index in [0.29, 0.717) is 54.3 Å². The predicted octanol–water partition coefficient (Wildman–Crippen LogP) is 3.33. The fourth-order valence-corrected chi connectivity index (χ4v) is 4.92. The first-order valence-corrected chi connectivity index (χ1v) is 11.3. The Morgan fingerprint density at radius 3 is 2.60 bits per heavy atom. The first kappa shape index (κ1) is 20.8. The van der Waals surface area contributed by atoms with E-state index in [0.717, 1.165) is 5.56 Å². The molecule has 0 spiro atoms. The van der Waals surface area contributed by atoms with Gasteiger partial charge in [-0.15, -0.1) is 0 Å². The van der Waals surface area contributed by atoms with E-state index in [1.807, 2.05) is 18.2 Å². The molecule has 2 aromatic carbocycles. The Balaban J connectivity index is 1.48. The average Bonchev–Trinajstić information content (AvgIpc) is 3.23. The molecule has 10 heteroatoms. The molecule has 30 heavy (non-hydrogen) atoms. The molecule has 1 N–H and O–H groups in total. The third-order valence-electron chi connectivity index (χ3n) is 4.79. The summed E-state index contributed by atoms with van der Waals surface area (Å²) < 4.78 is 38.0. The number of hydrogen-bond donors (Lipinski definition) is 1. The van der Waals surface area contributed by atoms with Gasteiger partial charge < -0.3 is 14.6 Å². The van der Waals surface area contributed by atoms with E-state index >= 15 is 0 Å². The van der Waals surface area contributed by atoms with Crippen LogP contribution in [0.1, 0.15) is 11.5 Å². The molecule has 0 aliphatic carbocycles. The Morgan fingerprint density at radius 1 is 1.13 bits per heavy atom. The number of hydrogen-bond acceptors (Lipinski definition) is 7. The summed E-state index contributed by atoms with van der Waals surface area (Å²) in [5.41, 5.74) is 2.14. The van der Waals surface area contributed by atoms with Crippen LogP contribution >= 0.6 is 11.6 Å². The quantitative estimate of drug-likeness (QED) is 0.617. The lowest BCUT2D eigenvalue weighted by molar-refractivity contribution is 0.0730. The molecule has 8 nitrogen and oxygen atoms in total. The van der Waals surface area contributed by atoms with Gasteiger partial charge in [0.1, 0.15) is 0 Å². The molecule has 0 saturated carbocycles. The van der Waals surface area contributed by atoms with Crippen LogP contribution in [-0.2, 0) is 21.3 Å². The molecule has 0 atom stereocenters. The molecule has 3 aromatic rings. The Kier molecular flexibility index (Phi) is 6.05. The molecule has 1 aliphatic heterocycles. The lowest BCUT2D eigenvalue weighted by Crippen LogP contribution is -2.40. The second kappa shape index (κ2) is 8.73. The molecule has 158 valence electrons. The van der Waals surface area contributed by atoms with Crippen LogP contribution in [0.4, 0.5) is 5.69 Å². The predicted molar refractivity (Wildman–Crippen MR) is 113 cm³/mol. The van der Waals surface area contributed by atoms with E-state index < -0.39 is 10.0 Å². The molecular weight excluding hydrogens is 428 g/mol. The summed E-state index contributed by atoms with van der Waals surface area (Å²) in [7, 11) is -3.58. The fourth-order valence-electron chi connectivity index (χ4n) is 3.13. The summed E-state index contributed by atoms with van der Waals surface area (Å²) in [6.07, 6.45) is 0. The van der Waals surface area contributed by atoms with Crippen molar-refractivity contribution in [1.82, 2.24) is 14.4 Å². The van der Waals surface area contributed by atoms with Crippen LogP contribution in [0.3, 0.4) is 0 Å². The summed E-state index contributed by atoms with van der Waals surface area (Å²) in [6, 6.07) is 12.4. The van der Waals surface area contributed by atoms with Gasteiger partial charge in [0.15, 0.2) is 0 Å². The highest BCUT2D eigenvalue weighted by Crippen LogP contribution is 2.25. The number of aromatic nitrogens is 2. The van der Waals surface area contributed by atoms with Gasteiger partial charge in [0.05, 0.1) is 24.7 Å². The lowest BCUT2D eigenvalue weighted by atomic mass is 10.2. The molecule has 1 aromatic heterocycles. The van der Waals surface area contributed by atoms with Gasteiger partial charge >= 0.3 is 0 Å². The lowest BCUT2D eigenvalue weighted by Gasteiger charge is -2.26. The van der Waals surface area contributed by atoms with E-state index in [4.69, 9.17) is 20.9 Å². The minimum atomic E-state index is -3.58. The maximum Gasteiger partial charge on any atom is 0.246 e. The number of nitrogens with one attached hydrogen (secondary N) is 1. The van der Waals surface area contributed by atoms with Gasteiger partial charge in [-0.3, -0.25) is 0 Å². The molecule has 0 bridgehead atoms. The second-order valence-electron chi connectivity index (χ2n) is 6.87. The smallest absolute Gasteiger partial charge is 0.246 e. The van der Waals surface area contributed by atoms with Crippen molar-refractivity contribution >= 4 is 27.3 Å². The zero-order valence-electron chi connectivity index (χ0n) is 16.3. The van der Waals surface area contributed by atoms with Gasteiger partial charge in [0, 0.05) is 29.4 Å². The second-order valence-corrected chi connectivity index (χ2v) is 9.21. The first-order chi connectivity index (χ1) is 14.4. The number of sulfonamides is 1. The van der Waals surface area contributed by atoms with E-state index in [9.17, 15) is 8.42 Å². The molecule has 2 heterocycles. The van der Waals surface area contributed by atoms with Crippen molar-refractivity contribution in [2.45, 2.75) is 18.4 Å². The Hall–Kier alpha value is -2.46. The molecule has 1 aliphatic rings. The number of nitrogens with zero attached hydrogens (tertiary/aromatic N) is 3. The van der Waals surface area contributed by atoms with Gasteiger partial charge in [-0.25, -0.2) is 8.42 Å². The first-order valence-electron chi connectivity index (χ1n) is 9.44. The van der Waals surface area contributed by atoms with E-state index in [-0.39, 0.29) is 11.4 Å². The third-order valence-corrected chi connectivity index (χ3v) is 7.08. The number of morpholine rings is 1. The summed E-state index contributed by atoms with van der Waals surface area (Å²) >= 11 is 5.90. The summed E-state index contributed by atoms with van der Waals surface area (Å²) in [6.45, 7) is 3.57. The molecule has 0 radical (unpaired) electrons. The van der Waals surface area contributed by atoms with Crippen molar-refractivity contribution in [3.05, 3.63) is 58.9 Å². The molecule has 1 fully saturated rings. The van der Waals surface area contributed by atoms with Crippen LogP contribution in [-0.4, -0.2) is 49.2 Å². The normalized spacial score (nSPS) is 15.3. The van der Waals surface area contributed by atoms with Crippen LogP contribution in [0.2, 0.25) is 5.02 Å². The summed E-state index contributed by atoms with van der Waals surface area (Å²) in [5.74, 6) is 0.848. The Bertz CT molecular complexity index is 1130. The maximum atomic E-state index is 13.0. The number of benzene rings is 2. The highest BCUT2D eigenvalue weighted by molar-refractivity contribution is 7.89. The molecule has 0 amide bonds. The molecule has 0 unspecified atom stereocenters. The van der Waals surface area contributed by atoms with Gasteiger partial charge in [-0.05, 0) is 48.9 Å². The standard InChI is InChI=1S/C20H21ClN4O4S/c1-14-2-7-17(12-18(14)30(26,27)25-8-10-28-11-9-25)22-13-19-23-20(24-29-19)15-3-5-16(21)6-4-15/h2-7,12,22H,8-11,13H2,1H3. The molecule has 1 saturated heterocycles. The molecule has 4 rings (SSSR count). The Labute approximate surface area is 179 Å². The SMILES string of the molecule is Cc1ccc(NCc2nc(-c3ccc(Cl)cc3)no2)cc1S(=O)(=O)N1CCOCC1. The Morgan fingerprint density at radius 2 is 1.87 bits per heavy atom. The van der Waals surface area contributed by atoms with Crippen LogP contribution in [0.5, 0.6) is 0 Å². The van der Waals surface area contributed by atoms with Gasteiger partial charge in [0.2, 0.25) is 21.7 Å². The zero-order valence-corrected chi connectivity index (χ0v) is 17.9. The minimum absolute atomic E-state index is 0.265. The number of halogens is 1. The van der Waals surface area contributed by atoms with Crippen LogP contribution < -0.4 is 5.32 Å². The number of aryl methyl sites for hydroxylation is 1. The van der Waals surface area contributed by atoms with Gasteiger partial charge in [-0.1, -0.05) is 22.8 Å². The van der Waals surface area contributed by atoms with Crippen molar-refractivity contribution in [2.75, 3.05) is 31.6 Å². The zero-order chi connectivity index (χ0) is 21.1. The highest BCUT2D eigenvalue weighted by Gasteiger charge is 2.28. The molecular formula is C20H21ClN4O4S. The monoisotopic (exact) mass is 448 g/mol. The van der Waals surface area contributed by atoms with Crippen LogP contribution in [0.15, 0.2) is 51.9 Å². The summed E-state index contributed by atoms with van der Waals surface area (Å²) in [5, 5.41) is 7.76. The van der Waals surface area contributed by atoms with Gasteiger partial charge in [0.25, 0.3) is 0 Å². The highest BCUT2D eigenvalue weighted by atomic mass is 35.5. The number of ether oxygens (including phenoxy) is 1. The number of anilines is 1.